The number of piperidine rings is 1. The number of nitrogens with zero attached hydrogens (tertiary/aromatic N) is 7. The number of hydrogen-bond donors (Lipinski definition) is 2. The molecule has 1 aromatic carbocycles. The summed E-state index contributed by atoms with van der Waals surface area (Å²) in [7, 11) is 1.62. The van der Waals surface area contributed by atoms with Crippen molar-refractivity contribution in [1.29, 1.82) is 0 Å². The van der Waals surface area contributed by atoms with E-state index < -0.39 is 0 Å². The molecule has 2 fully saturated rings. The minimum absolute atomic E-state index is 0.0731. The molecular formula is C24H30N8O2. The molecule has 1 saturated carbocycles. The summed E-state index contributed by atoms with van der Waals surface area (Å²) in [4.78, 5) is 11.8. The molecule has 0 amide bonds. The molecule has 178 valence electrons. The van der Waals surface area contributed by atoms with E-state index in [1.165, 1.54) is 0 Å². The van der Waals surface area contributed by atoms with Gasteiger partial charge < -0.3 is 20.5 Å². The van der Waals surface area contributed by atoms with Crippen molar-refractivity contribution < 1.29 is 9.84 Å². The third kappa shape index (κ3) is 3.53. The molecule has 0 bridgehead atoms. The Morgan fingerprint density at radius 1 is 1.12 bits per heavy atom. The number of rotatable bonds is 4. The number of aromatic nitrogens is 6. The number of benzene rings is 1. The number of para-hydroxylation sites is 1. The third-order valence-corrected chi connectivity index (χ3v) is 7.30. The van der Waals surface area contributed by atoms with E-state index in [2.05, 4.69) is 21.2 Å². The van der Waals surface area contributed by atoms with Gasteiger partial charge in [0.15, 0.2) is 11.5 Å². The number of anilines is 2. The van der Waals surface area contributed by atoms with Crippen LogP contribution in [0.3, 0.4) is 0 Å². The zero-order valence-electron chi connectivity index (χ0n) is 19.3. The largest absolute Gasteiger partial charge is 0.494 e. The number of methoxy groups -OCH3 is 1. The van der Waals surface area contributed by atoms with Gasteiger partial charge in [-0.15, -0.1) is 5.10 Å². The van der Waals surface area contributed by atoms with Crippen molar-refractivity contribution in [2.75, 3.05) is 30.8 Å². The molecule has 2 aliphatic rings. The SMILES string of the molecule is COc1cccc2c1nc(N)n1nc([C@@H]3CCCN(c4cnn(C5CCCC[C@@H]5O)c4)C3)nc21. The van der Waals surface area contributed by atoms with Crippen molar-refractivity contribution in [3.8, 4) is 5.75 Å². The van der Waals surface area contributed by atoms with Crippen LogP contribution in [0.15, 0.2) is 30.6 Å². The molecule has 1 aliphatic heterocycles. The van der Waals surface area contributed by atoms with Crippen LogP contribution < -0.4 is 15.4 Å². The van der Waals surface area contributed by atoms with Gasteiger partial charge in [0, 0.05) is 30.6 Å². The summed E-state index contributed by atoms with van der Waals surface area (Å²) in [6, 6.07) is 5.84. The smallest absolute Gasteiger partial charge is 0.223 e. The van der Waals surface area contributed by atoms with Crippen LogP contribution in [-0.2, 0) is 0 Å². The number of fused-ring (bicyclic) bond motifs is 3. The molecule has 0 spiro atoms. The van der Waals surface area contributed by atoms with Gasteiger partial charge in [0.05, 0.1) is 31.1 Å². The van der Waals surface area contributed by atoms with Gasteiger partial charge in [0.1, 0.15) is 11.3 Å². The Balaban J connectivity index is 1.29. The van der Waals surface area contributed by atoms with Crippen molar-refractivity contribution in [2.24, 2.45) is 0 Å². The molecule has 4 heterocycles. The lowest BCUT2D eigenvalue weighted by Crippen LogP contribution is -2.34. The quantitative estimate of drug-likeness (QED) is 0.475. The van der Waals surface area contributed by atoms with Crippen molar-refractivity contribution in [3.63, 3.8) is 0 Å². The second kappa shape index (κ2) is 8.43. The Morgan fingerprint density at radius 3 is 2.85 bits per heavy atom. The fraction of sp³-hybridized carbons (Fsp3) is 0.500. The molecule has 10 heteroatoms. The molecule has 3 aromatic heterocycles. The topological polar surface area (TPSA) is 120 Å². The van der Waals surface area contributed by atoms with E-state index in [1.807, 2.05) is 29.1 Å². The maximum atomic E-state index is 10.4. The zero-order chi connectivity index (χ0) is 23.2. The van der Waals surface area contributed by atoms with Crippen LogP contribution in [0.4, 0.5) is 11.6 Å². The Bertz CT molecular complexity index is 1330. The predicted octanol–water partition coefficient (Wildman–Crippen LogP) is 2.92. The van der Waals surface area contributed by atoms with E-state index in [0.29, 0.717) is 22.9 Å². The lowest BCUT2D eigenvalue weighted by Gasteiger charge is -2.32. The van der Waals surface area contributed by atoms with Crippen LogP contribution in [-0.4, -0.2) is 60.8 Å². The molecule has 1 saturated heterocycles. The van der Waals surface area contributed by atoms with Gasteiger partial charge in [-0.25, -0.2) is 9.97 Å². The molecule has 6 rings (SSSR count). The first-order chi connectivity index (χ1) is 16.6. The highest BCUT2D eigenvalue weighted by atomic mass is 16.5. The van der Waals surface area contributed by atoms with Crippen LogP contribution >= 0.6 is 0 Å². The summed E-state index contributed by atoms with van der Waals surface area (Å²) >= 11 is 0. The second-order valence-electron chi connectivity index (χ2n) is 9.41. The zero-order valence-corrected chi connectivity index (χ0v) is 19.3. The van der Waals surface area contributed by atoms with Gasteiger partial charge in [0.2, 0.25) is 5.95 Å². The normalized spacial score (nSPS) is 23.6. The highest BCUT2D eigenvalue weighted by molar-refractivity contribution is 5.95. The van der Waals surface area contributed by atoms with Gasteiger partial charge in [-0.3, -0.25) is 4.68 Å². The fourth-order valence-corrected chi connectivity index (χ4v) is 5.48. The molecular weight excluding hydrogens is 432 g/mol. The maximum absolute atomic E-state index is 10.4. The lowest BCUT2D eigenvalue weighted by atomic mass is 9.93. The van der Waals surface area contributed by atoms with E-state index >= 15 is 0 Å². The Hall–Kier alpha value is -3.40. The Labute approximate surface area is 197 Å². The van der Waals surface area contributed by atoms with Crippen molar-refractivity contribution in [1.82, 2.24) is 29.4 Å². The summed E-state index contributed by atoms with van der Waals surface area (Å²) in [5, 5.41) is 20.6. The maximum Gasteiger partial charge on any atom is 0.223 e. The molecule has 3 N–H and O–H groups in total. The highest BCUT2D eigenvalue weighted by Gasteiger charge is 2.29. The van der Waals surface area contributed by atoms with Gasteiger partial charge in [-0.1, -0.05) is 18.9 Å². The molecule has 1 unspecified atom stereocenters. The average molecular weight is 463 g/mol. The molecule has 1 aliphatic carbocycles. The highest BCUT2D eigenvalue weighted by Crippen LogP contribution is 2.33. The first-order valence-corrected chi connectivity index (χ1v) is 12.1. The van der Waals surface area contributed by atoms with Crippen molar-refractivity contribution in [3.05, 3.63) is 36.4 Å². The van der Waals surface area contributed by atoms with E-state index in [9.17, 15) is 5.11 Å². The van der Waals surface area contributed by atoms with Gasteiger partial charge >= 0.3 is 0 Å². The van der Waals surface area contributed by atoms with Crippen LogP contribution in [0.5, 0.6) is 5.75 Å². The third-order valence-electron chi connectivity index (χ3n) is 7.30. The van der Waals surface area contributed by atoms with Crippen LogP contribution in [0.25, 0.3) is 16.6 Å². The van der Waals surface area contributed by atoms with Crippen molar-refractivity contribution in [2.45, 2.75) is 56.6 Å². The summed E-state index contributed by atoms with van der Waals surface area (Å²) < 4.78 is 9.06. The Morgan fingerprint density at radius 2 is 2.00 bits per heavy atom. The van der Waals surface area contributed by atoms with E-state index in [1.54, 1.807) is 11.6 Å². The molecule has 0 radical (unpaired) electrons. The number of hydrogen-bond acceptors (Lipinski definition) is 8. The van der Waals surface area contributed by atoms with Gasteiger partial charge in [0.25, 0.3) is 0 Å². The standard InChI is InChI=1S/C24H30N8O2/c1-34-20-10-4-7-17-21(20)27-24(25)32-23(17)28-22(29-32)15-6-5-11-30(13-15)16-12-26-31(14-16)18-8-2-3-9-19(18)33/h4,7,10,12,14-15,18-19,33H,2-3,5-6,8-9,11,13H2,1H3,(H2,25,27)/t15-,18?,19+/m1/s1. The van der Waals surface area contributed by atoms with Gasteiger partial charge in [-0.2, -0.15) is 9.61 Å². The summed E-state index contributed by atoms with van der Waals surface area (Å²) in [6.45, 7) is 1.77. The van der Waals surface area contributed by atoms with Crippen molar-refractivity contribution >= 4 is 28.2 Å². The number of aliphatic hydroxyl groups is 1. The van der Waals surface area contributed by atoms with E-state index in [0.717, 1.165) is 68.5 Å². The van der Waals surface area contributed by atoms with Crippen LogP contribution in [0.1, 0.15) is 56.3 Å². The minimum Gasteiger partial charge on any atom is -0.494 e. The molecule has 34 heavy (non-hydrogen) atoms. The number of nitrogens with two attached hydrogens (primary N) is 1. The first-order valence-electron chi connectivity index (χ1n) is 12.1. The first kappa shape index (κ1) is 21.2. The number of aliphatic hydroxyl groups excluding tert-OH is 1. The lowest BCUT2D eigenvalue weighted by molar-refractivity contribution is 0.0695. The predicted molar refractivity (Wildman–Crippen MR) is 129 cm³/mol. The molecule has 3 atom stereocenters. The monoisotopic (exact) mass is 462 g/mol. The van der Waals surface area contributed by atoms with Crippen LogP contribution in [0.2, 0.25) is 0 Å². The number of ether oxygens (including phenoxy) is 1. The van der Waals surface area contributed by atoms with E-state index in [-0.39, 0.29) is 18.1 Å². The molecule has 4 aromatic rings. The second-order valence-corrected chi connectivity index (χ2v) is 9.41. The average Bonchev–Trinajstić information content (AvgIpc) is 3.53. The summed E-state index contributed by atoms with van der Waals surface area (Å²) in [5.74, 6) is 1.92. The minimum atomic E-state index is -0.315. The Kier molecular flexibility index (Phi) is 5.24. The summed E-state index contributed by atoms with van der Waals surface area (Å²) in [5.41, 5.74) is 8.72. The molecule has 10 nitrogen and oxygen atoms in total. The fourth-order valence-electron chi connectivity index (χ4n) is 5.48. The van der Waals surface area contributed by atoms with E-state index in [4.69, 9.17) is 20.6 Å². The summed E-state index contributed by atoms with van der Waals surface area (Å²) in [6.07, 6.45) is 9.80. The number of nitrogen functional groups attached to an aromatic ring is 1. The van der Waals surface area contributed by atoms with Gasteiger partial charge in [-0.05, 0) is 37.8 Å². The van der Waals surface area contributed by atoms with Crippen LogP contribution in [0, 0.1) is 0 Å².